The molecule has 1 aromatic rings. The molecule has 8 heteroatoms. The van der Waals surface area contributed by atoms with Gasteiger partial charge in [-0.05, 0) is 31.0 Å². The maximum Gasteiger partial charge on any atom is 0.416 e. The summed E-state index contributed by atoms with van der Waals surface area (Å²) in [4.78, 5) is 24.9. The van der Waals surface area contributed by atoms with Gasteiger partial charge >= 0.3 is 6.18 Å². The van der Waals surface area contributed by atoms with Crippen molar-refractivity contribution in [1.82, 2.24) is 4.90 Å². The van der Waals surface area contributed by atoms with E-state index in [1.165, 1.54) is 17.9 Å². The van der Waals surface area contributed by atoms with Crippen LogP contribution in [0.1, 0.15) is 35.7 Å². The predicted octanol–water partition coefficient (Wildman–Crippen LogP) is 2.26. The van der Waals surface area contributed by atoms with Crippen LogP contribution in [0.5, 0.6) is 0 Å². The molecule has 1 aliphatic rings. The van der Waals surface area contributed by atoms with Gasteiger partial charge in [-0.25, -0.2) is 0 Å². The minimum Gasteiger partial charge on any atom is -0.393 e. The van der Waals surface area contributed by atoms with Crippen LogP contribution in [0.25, 0.3) is 0 Å². The highest BCUT2D eigenvalue weighted by Gasteiger charge is 2.32. The Morgan fingerprint density at radius 1 is 1.22 bits per heavy atom. The van der Waals surface area contributed by atoms with E-state index in [2.05, 4.69) is 5.32 Å². The molecule has 1 heterocycles. The Bertz CT molecular complexity index is 608. The minimum atomic E-state index is -4.62. The van der Waals surface area contributed by atoms with E-state index in [-0.39, 0.29) is 24.3 Å². The smallest absolute Gasteiger partial charge is 0.393 e. The number of likely N-dealkylation sites (tertiary alicyclic amines) is 1. The molecule has 2 rings (SSSR count). The van der Waals surface area contributed by atoms with Gasteiger partial charge in [-0.2, -0.15) is 13.2 Å². The minimum absolute atomic E-state index is 0.0762. The molecular weight excluding hydrogens is 313 g/mol. The summed E-state index contributed by atoms with van der Waals surface area (Å²) >= 11 is 0. The molecular formula is C15H17F3N2O3. The number of aliphatic hydroxyl groups excluding tert-OH is 1. The number of nitrogens with zero attached hydrogens (tertiary/aromatic N) is 1. The molecule has 2 N–H and O–H groups in total. The van der Waals surface area contributed by atoms with Gasteiger partial charge in [-0.1, -0.05) is 0 Å². The van der Waals surface area contributed by atoms with Gasteiger partial charge in [-0.3, -0.25) is 9.59 Å². The SMILES string of the molecule is CC(=O)Nc1cc(C(=O)N2CCC(O)CC2)cc(C(F)(F)F)c1. The number of nitrogens with one attached hydrogen (secondary N) is 1. The Kier molecular flexibility index (Phi) is 4.93. The molecule has 5 nitrogen and oxygen atoms in total. The largest absolute Gasteiger partial charge is 0.416 e. The molecule has 0 bridgehead atoms. The number of halogens is 3. The Labute approximate surface area is 131 Å². The molecule has 0 aromatic heterocycles. The lowest BCUT2D eigenvalue weighted by Crippen LogP contribution is -2.40. The summed E-state index contributed by atoms with van der Waals surface area (Å²) in [7, 11) is 0. The van der Waals surface area contributed by atoms with Crippen molar-refractivity contribution >= 4 is 17.5 Å². The van der Waals surface area contributed by atoms with Crippen molar-refractivity contribution in [2.75, 3.05) is 18.4 Å². The van der Waals surface area contributed by atoms with Crippen molar-refractivity contribution in [3.63, 3.8) is 0 Å². The summed E-state index contributed by atoms with van der Waals surface area (Å²) < 4.78 is 38.9. The zero-order valence-electron chi connectivity index (χ0n) is 12.5. The van der Waals surface area contributed by atoms with Gasteiger partial charge in [0.05, 0.1) is 11.7 Å². The third kappa shape index (κ3) is 4.44. The number of aliphatic hydroxyl groups is 1. The van der Waals surface area contributed by atoms with E-state index < -0.39 is 29.7 Å². The van der Waals surface area contributed by atoms with E-state index in [0.29, 0.717) is 12.8 Å². The molecule has 0 spiro atoms. The van der Waals surface area contributed by atoms with Crippen LogP contribution < -0.4 is 5.32 Å². The van der Waals surface area contributed by atoms with Crippen LogP contribution in [0.3, 0.4) is 0 Å². The van der Waals surface area contributed by atoms with Crippen molar-refractivity contribution in [3.05, 3.63) is 29.3 Å². The zero-order chi connectivity index (χ0) is 17.2. The summed E-state index contributed by atoms with van der Waals surface area (Å²) in [5.41, 5.74) is -1.21. The Morgan fingerprint density at radius 3 is 2.35 bits per heavy atom. The number of piperidine rings is 1. The second-order valence-corrected chi connectivity index (χ2v) is 5.50. The fourth-order valence-electron chi connectivity index (χ4n) is 2.44. The average Bonchev–Trinajstić information content (AvgIpc) is 2.45. The van der Waals surface area contributed by atoms with Crippen LogP contribution in [-0.2, 0) is 11.0 Å². The quantitative estimate of drug-likeness (QED) is 0.874. The highest BCUT2D eigenvalue weighted by Crippen LogP contribution is 2.32. The Morgan fingerprint density at radius 2 is 1.83 bits per heavy atom. The van der Waals surface area contributed by atoms with Crippen molar-refractivity contribution in [2.45, 2.75) is 32.0 Å². The van der Waals surface area contributed by atoms with E-state index in [4.69, 9.17) is 0 Å². The van der Waals surface area contributed by atoms with Crippen molar-refractivity contribution in [1.29, 1.82) is 0 Å². The van der Waals surface area contributed by atoms with Gasteiger partial charge in [-0.15, -0.1) is 0 Å². The normalized spacial score (nSPS) is 16.3. The van der Waals surface area contributed by atoms with Crippen molar-refractivity contribution in [2.24, 2.45) is 0 Å². The Hall–Kier alpha value is -2.09. The van der Waals surface area contributed by atoms with Gasteiger partial charge in [0.1, 0.15) is 0 Å². The van der Waals surface area contributed by atoms with E-state index in [1.54, 1.807) is 0 Å². The van der Waals surface area contributed by atoms with E-state index in [9.17, 15) is 27.9 Å². The molecule has 1 fully saturated rings. The van der Waals surface area contributed by atoms with E-state index in [1.807, 2.05) is 0 Å². The predicted molar refractivity (Wildman–Crippen MR) is 76.9 cm³/mol. The summed E-state index contributed by atoms with van der Waals surface area (Å²) in [6.45, 7) is 1.74. The van der Waals surface area contributed by atoms with Gasteiger partial charge in [0.25, 0.3) is 5.91 Å². The fraction of sp³-hybridized carbons (Fsp3) is 0.467. The number of carbonyl (C=O) groups excluding carboxylic acids is 2. The van der Waals surface area contributed by atoms with Gasteiger partial charge in [0.15, 0.2) is 0 Å². The third-order valence-electron chi connectivity index (χ3n) is 3.58. The molecule has 126 valence electrons. The van der Waals surface area contributed by atoms with Gasteiger partial charge < -0.3 is 15.3 Å². The number of benzene rings is 1. The molecule has 23 heavy (non-hydrogen) atoms. The van der Waals surface area contributed by atoms with Gasteiger partial charge in [0, 0.05) is 31.3 Å². The topological polar surface area (TPSA) is 69.6 Å². The molecule has 1 aromatic carbocycles. The average molecular weight is 330 g/mol. The van der Waals surface area contributed by atoms with Gasteiger partial charge in [0.2, 0.25) is 5.91 Å². The van der Waals surface area contributed by atoms with Crippen LogP contribution >= 0.6 is 0 Å². The lowest BCUT2D eigenvalue weighted by Gasteiger charge is -2.30. The first-order valence-corrected chi connectivity index (χ1v) is 7.14. The zero-order valence-corrected chi connectivity index (χ0v) is 12.5. The number of anilines is 1. The molecule has 1 aliphatic heterocycles. The Balaban J connectivity index is 2.32. The number of hydrogen-bond donors (Lipinski definition) is 2. The second kappa shape index (κ2) is 6.57. The lowest BCUT2D eigenvalue weighted by molar-refractivity contribution is -0.137. The number of hydrogen-bond acceptors (Lipinski definition) is 3. The van der Waals surface area contributed by atoms with E-state index >= 15 is 0 Å². The first kappa shape index (κ1) is 17.3. The third-order valence-corrected chi connectivity index (χ3v) is 3.58. The van der Waals surface area contributed by atoms with Crippen LogP contribution in [0.4, 0.5) is 18.9 Å². The molecule has 0 radical (unpaired) electrons. The molecule has 1 saturated heterocycles. The first-order chi connectivity index (χ1) is 10.7. The molecule has 2 amide bonds. The fourth-order valence-corrected chi connectivity index (χ4v) is 2.44. The summed E-state index contributed by atoms with van der Waals surface area (Å²) in [6, 6.07) is 2.79. The van der Waals surface area contributed by atoms with Crippen molar-refractivity contribution < 1.29 is 27.9 Å². The standard InChI is InChI=1S/C15H17F3N2O3/c1-9(21)19-12-7-10(6-11(8-12)15(16,17)18)14(23)20-4-2-13(22)3-5-20/h6-8,13,22H,2-5H2,1H3,(H,19,21). The second-order valence-electron chi connectivity index (χ2n) is 5.50. The summed E-state index contributed by atoms with van der Waals surface area (Å²) in [6.07, 6.45) is -4.33. The lowest BCUT2D eigenvalue weighted by atomic mass is 10.0. The van der Waals surface area contributed by atoms with E-state index in [0.717, 1.165) is 12.1 Å². The van der Waals surface area contributed by atoms with Crippen LogP contribution in [-0.4, -0.2) is 41.0 Å². The first-order valence-electron chi connectivity index (χ1n) is 7.14. The monoisotopic (exact) mass is 330 g/mol. The summed E-state index contributed by atoms with van der Waals surface area (Å²) in [5, 5.41) is 11.7. The van der Waals surface area contributed by atoms with Crippen LogP contribution in [0, 0.1) is 0 Å². The van der Waals surface area contributed by atoms with Crippen LogP contribution in [0.15, 0.2) is 18.2 Å². The number of rotatable bonds is 2. The highest BCUT2D eigenvalue weighted by atomic mass is 19.4. The maximum absolute atomic E-state index is 13.0. The summed E-state index contributed by atoms with van der Waals surface area (Å²) in [5.74, 6) is -1.07. The molecule has 0 saturated carbocycles. The molecule has 0 aliphatic carbocycles. The van der Waals surface area contributed by atoms with Crippen LogP contribution in [0.2, 0.25) is 0 Å². The number of amides is 2. The van der Waals surface area contributed by atoms with Crippen molar-refractivity contribution in [3.8, 4) is 0 Å². The molecule has 0 unspecified atom stereocenters. The number of alkyl halides is 3. The highest BCUT2D eigenvalue weighted by molar-refractivity contribution is 5.97. The molecule has 0 atom stereocenters. The maximum atomic E-state index is 13.0. The number of carbonyl (C=O) groups is 2.